The zero-order valence-electron chi connectivity index (χ0n) is 15.5. The monoisotopic (exact) mass is 406 g/mol. The lowest BCUT2D eigenvalue weighted by Gasteiger charge is -2.37. The SMILES string of the molecule is O=c1ccc(-c2ccccc2F)nn1CN1CCN(C2CCS(=O)(=O)C2)CC1. The van der Waals surface area contributed by atoms with Crippen LogP contribution in [0.4, 0.5) is 4.39 Å². The van der Waals surface area contributed by atoms with Gasteiger partial charge in [0.1, 0.15) is 5.82 Å². The normalized spacial score (nSPS) is 23.1. The Morgan fingerprint density at radius 3 is 2.50 bits per heavy atom. The third kappa shape index (κ3) is 4.16. The molecule has 2 saturated heterocycles. The van der Waals surface area contributed by atoms with Crippen molar-refractivity contribution in [2.45, 2.75) is 19.1 Å². The molecule has 0 N–H and O–H groups in total. The Morgan fingerprint density at radius 1 is 1.07 bits per heavy atom. The average molecular weight is 406 g/mol. The molecule has 3 heterocycles. The van der Waals surface area contributed by atoms with Gasteiger partial charge in [-0.2, -0.15) is 5.10 Å². The number of hydrogen-bond acceptors (Lipinski definition) is 6. The van der Waals surface area contributed by atoms with E-state index in [1.165, 1.54) is 22.9 Å². The van der Waals surface area contributed by atoms with E-state index in [9.17, 15) is 17.6 Å². The number of hydrogen-bond donors (Lipinski definition) is 0. The number of piperazine rings is 1. The number of rotatable bonds is 4. The molecule has 0 spiro atoms. The van der Waals surface area contributed by atoms with Crippen LogP contribution in [-0.4, -0.2) is 71.7 Å². The standard InChI is InChI=1S/C19H23FN4O3S/c20-17-4-2-1-3-16(17)18-5-6-19(25)24(21-18)14-22-8-10-23(11-9-22)15-7-12-28(26,27)13-15/h1-6,15H,7-14H2. The Balaban J connectivity index is 1.42. The smallest absolute Gasteiger partial charge is 0.268 e. The highest BCUT2D eigenvalue weighted by molar-refractivity contribution is 7.91. The fraction of sp³-hybridized carbons (Fsp3) is 0.474. The summed E-state index contributed by atoms with van der Waals surface area (Å²) >= 11 is 0. The molecule has 4 rings (SSSR count). The molecule has 9 heteroatoms. The molecule has 1 aromatic heterocycles. The van der Waals surface area contributed by atoms with Crippen LogP contribution in [0.2, 0.25) is 0 Å². The van der Waals surface area contributed by atoms with Crippen LogP contribution in [0.15, 0.2) is 41.2 Å². The maximum absolute atomic E-state index is 14.0. The van der Waals surface area contributed by atoms with Crippen molar-refractivity contribution in [1.82, 2.24) is 19.6 Å². The van der Waals surface area contributed by atoms with E-state index in [0.29, 0.717) is 24.3 Å². The summed E-state index contributed by atoms with van der Waals surface area (Å²) in [6.07, 6.45) is 0.702. The van der Waals surface area contributed by atoms with Gasteiger partial charge in [0.15, 0.2) is 9.84 Å². The van der Waals surface area contributed by atoms with Crippen molar-refractivity contribution in [3.05, 3.63) is 52.6 Å². The minimum Gasteiger partial charge on any atom is -0.297 e. The van der Waals surface area contributed by atoms with Crippen molar-refractivity contribution in [2.24, 2.45) is 0 Å². The van der Waals surface area contributed by atoms with Gasteiger partial charge < -0.3 is 0 Å². The van der Waals surface area contributed by atoms with Crippen molar-refractivity contribution >= 4 is 9.84 Å². The minimum atomic E-state index is -2.89. The molecule has 28 heavy (non-hydrogen) atoms. The summed E-state index contributed by atoms with van der Waals surface area (Å²) in [5.41, 5.74) is 0.556. The molecule has 1 unspecified atom stereocenters. The lowest BCUT2D eigenvalue weighted by atomic mass is 10.1. The Hall–Kier alpha value is -2.10. The van der Waals surface area contributed by atoms with Gasteiger partial charge in [0.2, 0.25) is 0 Å². The molecule has 2 aromatic rings. The summed E-state index contributed by atoms with van der Waals surface area (Å²) in [6.45, 7) is 3.32. The number of halogens is 1. The molecule has 7 nitrogen and oxygen atoms in total. The molecule has 1 aromatic carbocycles. The zero-order chi connectivity index (χ0) is 19.7. The predicted octanol–water partition coefficient (Wildman–Crippen LogP) is 0.812. The summed E-state index contributed by atoms with van der Waals surface area (Å²) in [5.74, 6) is 0.152. The summed E-state index contributed by atoms with van der Waals surface area (Å²) in [5, 5.41) is 4.34. The number of benzene rings is 1. The molecular formula is C19H23FN4O3S. The summed E-state index contributed by atoms with van der Waals surface area (Å²) in [4.78, 5) is 16.5. The Bertz CT molecular complexity index is 1020. The van der Waals surface area contributed by atoms with Gasteiger partial charge >= 0.3 is 0 Å². The van der Waals surface area contributed by atoms with Crippen LogP contribution in [0, 0.1) is 5.82 Å². The van der Waals surface area contributed by atoms with Crippen LogP contribution >= 0.6 is 0 Å². The van der Waals surface area contributed by atoms with Crippen LogP contribution in [0.5, 0.6) is 0 Å². The van der Waals surface area contributed by atoms with E-state index in [1.807, 2.05) is 0 Å². The Morgan fingerprint density at radius 2 is 1.82 bits per heavy atom. The Kier molecular flexibility index (Phi) is 5.31. The van der Waals surface area contributed by atoms with E-state index in [4.69, 9.17) is 0 Å². The second-order valence-corrected chi connectivity index (χ2v) is 9.62. The topological polar surface area (TPSA) is 75.5 Å². The fourth-order valence-electron chi connectivity index (χ4n) is 3.89. The van der Waals surface area contributed by atoms with Gasteiger partial charge in [0.05, 0.1) is 23.9 Å². The molecular weight excluding hydrogens is 383 g/mol. The highest BCUT2D eigenvalue weighted by Crippen LogP contribution is 2.20. The number of nitrogens with zero attached hydrogens (tertiary/aromatic N) is 4. The van der Waals surface area contributed by atoms with E-state index >= 15 is 0 Å². The van der Waals surface area contributed by atoms with Crippen LogP contribution in [0.3, 0.4) is 0 Å². The first-order valence-corrected chi connectivity index (χ1v) is 11.2. The molecule has 0 amide bonds. The molecule has 1 atom stereocenters. The average Bonchev–Trinajstić information content (AvgIpc) is 3.04. The minimum absolute atomic E-state index is 0.109. The Labute approximate surface area is 163 Å². The van der Waals surface area contributed by atoms with E-state index in [1.54, 1.807) is 18.2 Å². The van der Waals surface area contributed by atoms with Gasteiger partial charge in [0, 0.05) is 43.9 Å². The van der Waals surface area contributed by atoms with Gasteiger partial charge in [-0.05, 0) is 24.6 Å². The molecule has 0 radical (unpaired) electrons. The van der Waals surface area contributed by atoms with Gasteiger partial charge in [-0.1, -0.05) is 12.1 Å². The van der Waals surface area contributed by atoms with Crippen LogP contribution in [0.25, 0.3) is 11.3 Å². The van der Waals surface area contributed by atoms with Gasteiger partial charge in [0.25, 0.3) is 5.56 Å². The highest BCUT2D eigenvalue weighted by Gasteiger charge is 2.33. The first-order chi connectivity index (χ1) is 13.4. The highest BCUT2D eigenvalue weighted by atomic mass is 32.2. The van der Waals surface area contributed by atoms with E-state index < -0.39 is 9.84 Å². The number of aromatic nitrogens is 2. The van der Waals surface area contributed by atoms with Gasteiger partial charge in [-0.15, -0.1) is 0 Å². The van der Waals surface area contributed by atoms with Crippen molar-refractivity contribution in [3.8, 4) is 11.3 Å². The molecule has 0 aliphatic carbocycles. The van der Waals surface area contributed by atoms with Crippen LogP contribution < -0.4 is 5.56 Å². The molecule has 2 aliphatic heterocycles. The lowest BCUT2D eigenvalue weighted by Crippen LogP contribution is -2.51. The van der Waals surface area contributed by atoms with E-state index in [-0.39, 0.29) is 28.9 Å². The zero-order valence-corrected chi connectivity index (χ0v) is 16.3. The fourth-order valence-corrected chi connectivity index (χ4v) is 5.65. The second-order valence-electron chi connectivity index (χ2n) is 7.39. The maximum Gasteiger partial charge on any atom is 0.268 e. The molecule has 0 saturated carbocycles. The predicted molar refractivity (Wildman–Crippen MR) is 104 cm³/mol. The molecule has 0 bridgehead atoms. The quantitative estimate of drug-likeness (QED) is 0.748. The summed E-state index contributed by atoms with van der Waals surface area (Å²) < 4.78 is 38.8. The molecule has 2 fully saturated rings. The largest absolute Gasteiger partial charge is 0.297 e. The van der Waals surface area contributed by atoms with Crippen molar-refractivity contribution in [2.75, 3.05) is 37.7 Å². The van der Waals surface area contributed by atoms with E-state index in [2.05, 4.69) is 14.9 Å². The summed E-state index contributed by atoms with van der Waals surface area (Å²) in [6, 6.07) is 9.42. The van der Waals surface area contributed by atoms with E-state index in [0.717, 1.165) is 26.2 Å². The summed E-state index contributed by atoms with van der Waals surface area (Å²) in [7, 11) is -2.89. The van der Waals surface area contributed by atoms with Crippen molar-refractivity contribution < 1.29 is 12.8 Å². The third-order valence-electron chi connectivity index (χ3n) is 5.48. The maximum atomic E-state index is 14.0. The number of sulfone groups is 1. The van der Waals surface area contributed by atoms with Crippen LogP contribution in [-0.2, 0) is 16.5 Å². The molecule has 2 aliphatic rings. The third-order valence-corrected chi connectivity index (χ3v) is 7.23. The first-order valence-electron chi connectivity index (χ1n) is 9.41. The molecule has 150 valence electrons. The van der Waals surface area contributed by atoms with Crippen molar-refractivity contribution in [3.63, 3.8) is 0 Å². The lowest BCUT2D eigenvalue weighted by molar-refractivity contribution is 0.0800. The first kappa shape index (κ1) is 19.2. The van der Waals surface area contributed by atoms with Crippen molar-refractivity contribution in [1.29, 1.82) is 0 Å². The van der Waals surface area contributed by atoms with Gasteiger partial charge in [-0.3, -0.25) is 14.6 Å². The van der Waals surface area contributed by atoms with Crippen LogP contribution in [0.1, 0.15) is 6.42 Å². The second kappa shape index (κ2) is 7.73. The van der Waals surface area contributed by atoms with Gasteiger partial charge in [-0.25, -0.2) is 17.5 Å².